The molecule has 0 saturated heterocycles. The van der Waals surface area contributed by atoms with Crippen LogP contribution in [0.5, 0.6) is 0 Å². The summed E-state index contributed by atoms with van der Waals surface area (Å²) >= 11 is 0. The van der Waals surface area contributed by atoms with E-state index in [9.17, 15) is 4.79 Å². The van der Waals surface area contributed by atoms with Gasteiger partial charge >= 0.3 is 5.97 Å². The smallest absolute Gasteiger partial charge is 0.354 e. The molecule has 6 nitrogen and oxygen atoms in total. The number of nitrogens with zero attached hydrogens (tertiary/aromatic N) is 3. The normalized spacial score (nSPS) is 10.6. The summed E-state index contributed by atoms with van der Waals surface area (Å²) in [7, 11) is 1.74. The molecule has 3 N–H and O–H groups in total. The Morgan fingerprint density at radius 2 is 2.36 bits per heavy atom. The number of nitrogen functional groups attached to an aromatic ring is 1. The number of rotatable bonds is 1. The van der Waals surface area contributed by atoms with Crippen molar-refractivity contribution < 1.29 is 9.90 Å². The lowest BCUT2D eigenvalue weighted by Gasteiger charge is -1.95. The molecule has 2 rings (SSSR count). The zero-order valence-electron chi connectivity index (χ0n) is 7.43. The molecule has 0 amide bonds. The van der Waals surface area contributed by atoms with Gasteiger partial charge in [-0.1, -0.05) is 0 Å². The first kappa shape index (κ1) is 8.49. The number of carboxylic acids is 1. The van der Waals surface area contributed by atoms with Crippen LogP contribution in [-0.4, -0.2) is 25.6 Å². The molecule has 6 heteroatoms. The van der Waals surface area contributed by atoms with Crippen LogP contribution in [0.15, 0.2) is 12.3 Å². The van der Waals surface area contributed by atoms with Crippen molar-refractivity contribution in [3.8, 4) is 0 Å². The molecule has 14 heavy (non-hydrogen) atoms. The molecule has 0 spiro atoms. The van der Waals surface area contributed by atoms with Crippen molar-refractivity contribution in [2.24, 2.45) is 7.05 Å². The molecule has 0 atom stereocenters. The molecule has 2 aromatic rings. The van der Waals surface area contributed by atoms with Gasteiger partial charge in [0.1, 0.15) is 5.69 Å². The minimum absolute atomic E-state index is 0.0319. The molecule has 0 saturated carbocycles. The van der Waals surface area contributed by atoms with Crippen molar-refractivity contribution in [1.82, 2.24) is 14.5 Å². The number of imidazole rings is 1. The van der Waals surface area contributed by atoms with Crippen LogP contribution < -0.4 is 5.73 Å². The van der Waals surface area contributed by atoms with E-state index < -0.39 is 5.97 Å². The fraction of sp³-hybridized carbons (Fsp3) is 0.125. The Labute approximate surface area is 79.0 Å². The van der Waals surface area contributed by atoms with Crippen molar-refractivity contribution in [3.63, 3.8) is 0 Å². The molecule has 72 valence electrons. The predicted octanol–water partition coefficient (Wildman–Crippen LogP) is 0.249. The fourth-order valence-corrected chi connectivity index (χ4v) is 1.22. The van der Waals surface area contributed by atoms with Gasteiger partial charge in [-0.2, -0.15) is 0 Å². The maximum atomic E-state index is 10.6. The van der Waals surface area contributed by atoms with Crippen LogP contribution in [0.25, 0.3) is 11.0 Å². The van der Waals surface area contributed by atoms with Gasteiger partial charge in [-0.15, -0.1) is 0 Å². The summed E-state index contributed by atoms with van der Waals surface area (Å²) in [6.45, 7) is 0. The molecule has 0 bridgehead atoms. The predicted molar refractivity (Wildman–Crippen MR) is 49.9 cm³/mol. The highest BCUT2D eigenvalue weighted by Gasteiger charge is 2.09. The Balaban J connectivity index is 2.73. The summed E-state index contributed by atoms with van der Waals surface area (Å²) in [6, 6.07) is 1.40. The number of carbonyl (C=O) groups is 1. The molecule has 0 unspecified atom stereocenters. The van der Waals surface area contributed by atoms with E-state index in [2.05, 4.69) is 9.97 Å². The number of carboxylic acid groups (broad SMARTS) is 1. The summed E-state index contributed by atoms with van der Waals surface area (Å²) in [6.07, 6.45) is 1.45. The number of anilines is 1. The van der Waals surface area contributed by atoms with E-state index in [0.29, 0.717) is 17.0 Å². The average Bonchev–Trinajstić information content (AvgIpc) is 2.42. The highest BCUT2D eigenvalue weighted by molar-refractivity contribution is 5.90. The van der Waals surface area contributed by atoms with E-state index in [-0.39, 0.29) is 5.69 Å². The van der Waals surface area contributed by atoms with Gasteiger partial charge in [-0.3, -0.25) is 0 Å². The van der Waals surface area contributed by atoms with E-state index >= 15 is 0 Å². The second-order valence-corrected chi connectivity index (χ2v) is 2.89. The summed E-state index contributed by atoms with van der Waals surface area (Å²) in [5, 5.41) is 8.69. The quantitative estimate of drug-likeness (QED) is 0.675. The Bertz CT molecular complexity index is 517. The molecule has 0 radical (unpaired) electrons. The van der Waals surface area contributed by atoms with Crippen LogP contribution in [0.1, 0.15) is 10.5 Å². The van der Waals surface area contributed by atoms with E-state index in [1.807, 2.05) is 0 Å². The first-order valence-electron chi connectivity index (χ1n) is 3.91. The highest BCUT2D eigenvalue weighted by Crippen LogP contribution is 2.15. The molecule has 2 aromatic heterocycles. The zero-order chi connectivity index (χ0) is 10.3. The molecule has 0 aliphatic rings. The summed E-state index contributed by atoms with van der Waals surface area (Å²) < 4.78 is 1.65. The van der Waals surface area contributed by atoms with Gasteiger partial charge in [-0.25, -0.2) is 14.8 Å². The number of pyridine rings is 1. The molecule has 0 aliphatic heterocycles. The monoisotopic (exact) mass is 192 g/mol. The molecular weight excluding hydrogens is 184 g/mol. The van der Waals surface area contributed by atoms with Gasteiger partial charge in [0.25, 0.3) is 0 Å². The number of fused-ring (bicyclic) bond motifs is 1. The van der Waals surface area contributed by atoms with Crippen LogP contribution in [0.2, 0.25) is 0 Å². The maximum Gasteiger partial charge on any atom is 0.354 e. The lowest BCUT2D eigenvalue weighted by atomic mass is 10.3. The van der Waals surface area contributed by atoms with Gasteiger partial charge in [0.15, 0.2) is 0 Å². The minimum Gasteiger partial charge on any atom is -0.477 e. The second-order valence-electron chi connectivity index (χ2n) is 2.89. The number of aromatic nitrogens is 3. The molecular formula is C8H8N4O2. The third-order valence-electron chi connectivity index (χ3n) is 2.02. The highest BCUT2D eigenvalue weighted by atomic mass is 16.4. The average molecular weight is 192 g/mol. The lowest BCUT2D eigenvalue weighted by Crippen LogP contribution is -2.00. The summed E-state index contributed by atoms with van der Waals surface area (Å²) in [5.41, 5.74) is 6.78. The van der Waals surface area contributed by atoms with Gasteiger partial charge in [-0.05, 0) is 6.07 Å². The van der Waals surface area contributed by atoms with Crippen molar-refractivity contribution >= 4 is 23.0 Å². The zero-order valence-corrected chi connectivity index (χ0v) is 7.43. The maximum absolute atomic E-state index is 10.6. The number of hydrogen-bond donors (Lipinski definition) is 2. The van der Waals surface area contributed by atoms with Crippen LogP contribution in [0, 0.1) is 0 Å². The Morgan fingerprint density at radius 1 is 1.64 bits per heavy atom. The SMILES string of the molecule is Cn1c(N)nc2cc(C(=O)O)ncc21. The van der Waals surface area contributed by atoms with Crippen LogP contribution in [0.4, 0.5) is 5.95 Å². The van der Waals surface area contributed by atoms with Gasteiger partial charge < -0.3 is 15.4 Å². The molecule has 0 aliphatic carbocycles. The van der Waals surface area contributed by atoms with Gasteiger partial charge in [0.2, 0.25) is 5.95 Å². The minimum atomic E-state index is -1.07. The van der Waals surface area contributed by atoms with E-state index in [1.54, 1.807) is 11.6 Å². The largest absolute Gasteiger partial charge is 0.477 e. The lowest BCUT2D eigenvalue weighted by molar-refractivity contribution is 0.0690. The molecule has 0 fully saturated rings. The number of hydrogen-bond acceptors (Lipinski definition) is 4. The Kier molecular flexibility index (Phi) is 1.63. The van der Waals surface area contributed by atoms with Gasteiger partial charge in [0.05, 0.1) is 17.2 Å². The van der Waals surface area contributed by atoms with Crippen molar-refractivity contribution in [3.05, 3.63) is 18.0 Å². The topological polar surface area (TPSA) is 94.0 Å². The van der Waals surface area contributed by atoms with Crippen molar-refractivity contribution in [2.75, 3.05) is 5.73 Å². The number of aryl methyl sites for hydroxylation is 1. The standard InChI is InChI=1S/C8H8N4O2/c1-12-6-3-10-5(7(13)14)2-4(6)11-8(12)9/h2-3H,1H3,(H2,9,11)(H,13,14). The fourth-order valence-electron chi connectivity index (χ4n) is 1.22. The van der Waals surface area contributed by atoms with Crippen LogP contribution in [0.3, 0.4) is 0 Å². The van der Waals surface area contributed by atoms with Crippen molar-refractivity contribution in [2.45, 2.75) is 0 Å². The number of nitrogens with two attached hydrogens (primary N) is 1. The Hall–Kier alpha value is -2.11. The second kappa shape index (κ2) is 2.69. The summed E-state index contributed by atoms with van der Waals surface area (Å²) in [5.74, 6) is -0.736. The van der Waals surface area contributed by atoms with Crippen LogP contribution in [-0.2, 0) is 7.05 Å². The third-order valence-corrected chi connectivity index (χ3v) is 2.02. The van der Waals surface area contributed by atoms with E-state index in [4.69, 9.17) is 10.8 Å². The first-order chi connectivity index (χ1) is 6.59. The van der Waals surface area contributed by atoms with Gasteiger partial charge in [0, 0.05) is 7.05 Å². The Morgan fingerprint density at radius 3 is 3.00 bits per heavy atom. The van der Waals surface area contributed by atoms with E-state index in [1.165, 1.54) is 12.3 Å². The van der Waals surface area contributed by atoms with E-state index in [0.717, 1.165) is 0 Å². The first-order valence-corrected chi connectivity index (χ1v) is 3.91. The molecule has 2 heterocycles. The number of aromatic carboxylic acids is 1. The third kappa shape index (κ3) is 1.08. The summed E-state index contributed by atoms with van der Waals surface area (Å²) in [4.78, 5) is 18.4. The van der Waals surface area contributed by atoms with Crippen molar-refractivity contribution in [1.29, 1.82) is 0 Å². The molecule has 0 aromatic carbocycles. The van der Waals surface area contributed by atoms with Crippen LogP contribution >= 0.6 is 0 Å².